The third kappa shape index (κ3) is 4.91. The van der Waals surface area contributed by atoms with E-state index in [2.05, 4.69) is 47.2 Å². The number of aromatic carboxylic acids is 1. The second kappa shape index (κ2) is 8.28. The summed E-state index contributed by atoms with van der Waals surface area (Å²) in [5.74, 6) is -0.865. The molecule has 4 heteroatoms. The van der Waals surface area contributed by atoms with Crippen LogP contribution in [0.25, 0.3) is 0 Å². The summed E-state index contributed by atoms with van der Waals surface area (Å²) < 4.78 is 0. The van der Waals surface area contributed by atoms with Crippen LogP contribution in [0.3, 0.4) is 0 Å². The van der Waals surface area contributed by atoms with E-state index in [1.165, 1.54) is 18.4 Å². The van der Waals surface area contributed by atoms with Crippen LogP contribution in [0.2, 0.25) is 0 Å². The molecule has 3 rings (SSSR count). The van der Waals surface area contributed by atoms with Crippen molar-refractivity contribution in [1.29, 1.82) is 0 Å². The molecule has 0 radical (unpaired) electrons. The van der Waals surface area contributed by atoms with Gasteiger partial charge in [0, 0.05) is 25.7 Å². The summed E-state index contributed by atoms with van der Waals surface area (Å²) in [6, 6.07) is 18.4. The minimum atomic E-state index is -0.865. The number of carbonyl (C=O) groups is 1. The number of hydrogen-bond donors (Lipinski definition) is 1. The van der Waals surface area contributed by atoms with Gasteiger partial charge in [-0.25, -0.2) is 4.79 Å². The average molecular weight is 338 g/mol. The highest BCUT2D eigenvalue weighted by atomic mass is 16.4. The van der Waals surface area contributed by atoms with Crippen LogP contribution in [0.1, 0.15) is 34.3 Å². The van der Waals surface area contributed by atoms with Crippen LogP contribution >= 0.6 is 0 Å². The SMILES string of the molecule is CN(Cc1cccc(C(=O)O)c1)C1CCCN(Cc2ccccc2)C1. The summed E-state index contributed by atoms with van der Waals surface area (Å²) in [5.41, 5.74) is 2.78. The first-order valence-electron chi connectivity index (χ1n) is 8.90. The maximum atomic E-state index is 11.1. The number of carboxylic acid groups (broad SMARTS) is 1. The van der Waals surface area contributed by atoms with Gasteiger partial charge in [-0.1, -0.05) is 42.5 Å². The van der Waals surface area contributed by atoms with Gasteiger partial charge in [0.2, 0.25) is 0 Å². The number of carboxylic acids is 1. The number of nitrogens with zero attached hydrogens (tertiary/aromatic N) is 2. The van der Waals surface area contributed by atoms with Crippen molar-refractivity contribution in [3.05, 3.63) is 71.3 Å². The van der Waals surface area contributed by atoms with Crippen LogP contribution in [0.5, 0.6) is 0 Å². The molecule has 1 N–H and O–H groups in total. The van der Waals surface area contributed by atoms with Gasteiger partial charge in [-0.05, 0) is 49.7 Å². The number of rotatable bonds is 6. The molecular formula is C21H26N2O2. The van der Waals surface area contributed by atoms with Gasteiger partial charge in [0.15, 0.2) is 0 Å². The van der Waals surface area contributed by atoms with Gasteiger partial charge in [-0.15, -0.1) is 0 Å². The van der Waals surface area contributed by atoms with Crippen LogP contribution in [-0.2, 0) is 13.1 Å². The van der Waals surface area contributed by atoms with Crippen LogP contribution in [-0.4, -0.2) is 47.1 Å². The van der Waals surface area contributed by atoms with E-state index >= 15 is 0 Å². The lowest BCUT2D eigenvalue weighted by atomic mass is 10.0. The second-order valence-corrected chi connectivity index (χ2v) is 6.94. The Balaban J connectivity index is 1.59. The van der Waals surface area contributed by atoms with Gasteiger partial charge < -0.3 is 5.11 Å². The lowest BCUT2D eigenvalue weighted by Crippen LogP contribution is -2.45. The maximum Gasteiger partial charge on any atom is 0.335 e. The molecule has 0 saturated carbocycles. The van der Waals surface area contributed by atoms with Crippen molar-refractivity contribution in [2.45, 2.75) is 32.0 Å². The molecule has 0 bridgehead atoms. The standard InChI is InChI=1S/C21H26N2O2/c1-22(14-18-9-5-10-19(13-18)21(24)25)20-11-6-12-23(16-20)15-17-7-3-2-4-8-17/h2-5,7-10,13,20H,6,11-12,14-16H2,1H3,(H,24,25). The van der Waals surface area contributed by atoms with E-state index < -0.39 is 5.97 Å². The van der Waals surface area contributed by atoms with E-state index in [0.717, 1.165) is 31.7 Å². The van der Waals surface area contributed by atoms with Gasteiger partial charge >= 0.3 is 5.97 Å². The Morgan fingerprint density at radius 2 is 1.92 bits per heavy atom. The Morgan fingerprint density at radius 1 is 1.16 bits per heavy atom. The van der Waals surface area contributed by atoms with Crippen molar-refractivity contribution < 1.29 is 9.90 Å². The van der Waals surface area contributed by atoms with E-state index in [0.29, 0.717) is 11.6 Å². The van der Waals surface area contributed by atoms with E-state index in [1.54, 1.807) is 12.1 Å². The molecule has 1 aliphatic rings. The molecule has 1 heterocycles. The lowest BCUT2D eigenvalue weighted by molar-refractivity contribution is 0.0696. The quantitative estimate of drug-likeness (QED) is 0.876. The zero-order valence-electron chi connectivity index (χ0n) is 14.8. The molecule has 4 nitrogen and oxygen atoms in total. The Hall–Kier alpha value is -2.17. The number of piperidine rings is 1. The van der Waals surface area contributed by atoms with Gasteiger partial charge in [-0.2, -0.15) is 0 Å². The summed E-state index contributed by atoms with van der Waals surface area (Å²) in [6.07, 6.45) is 2.40. The molecule has 25 heavy (non-hydrogen) atoms. The summed E-state index contributed by atoms with van der Waals surface area (Å²) in [4.78, 5) is 16.0. The molecule has 1 aliphatic heterocycles. The number of likely N-dealkylation sites (N-methyl/N-ethyl adjacent to an activating group) is 1. The number of benzene rings is 2. The second-order valence-electron chi connectivity index (χ2n) is 6.94. The van der Waals surface area contributed by atoms with Crippen molar-refractivity contribution in [3.63, 3.8) is 0 Å². The molecule has 1 saturated heterocycles. The van der Waals surface area contributed by atoms with Crippen LogP contribution in [0.4, 0.5) is 0 Å². The third-order valence-corrected chi connectivity index (χ3v) is 4.96. The fourth-order valence-electron chi connectivity index (χ4n) is 3.60. The normalized spacial score (nSPS) is 18.4. The first kappa shape index (κ1) is 17.6. The first-order valence-corrected chi connectivity index (χ1v) is 8.90. The summed E-state index contributed by atoms with van der Waals surface area (Å²) >= 11 is 0. The highest BCUT2D eigenvalue weighted by molar-refractivity contribution is 5.87. The van der Waals surface area contributed by atoms with Gasteiger partial charge in [-0.3, -0.25) is 9.80 Å². The molecule has 0 amide bonds. The molecule has 0 spiro atoms. The Labute approximate surface area is 149 Å². The fourth-order valence-corrected chi connectivity index (χ4v) is 3.60. The van der Waals surface area contributed by atoms with Crippen molar-refractivity contribution in [3.8, 4) is 0 Å². The molecule has 0 aliphatic carbocycles. The number of hydrogen-bond acceptors (Lipinski definition) is 3. The monoisotopic (exact) mass is 338 g/mol. The van der Waals surface area contributed by atoms with Crippen molar-refractivity contribution in [1.82, 2.24) is 9.80 Å². The van der Waals surface area contributed by atoms with Crippen LogP contribution < -0.4 is 0 Å². The fraction of sp³-hybridized carbons (Fsp3) is 0.381. The first-order chi connectivity index (χ1) is 12.1. The van der Waals surface area contributed by atoms with E-state index in [9.17, 15) is 4.79 Å². The van der Waals surface area contributed by atoms with Crippen molar-refractivity contribution >= 4 is 5.97 Å². The average Bonchev–Trinajstić information content (AvgIpc) is 2.63. The summed E-state index contributed by atoms with van der Waals surface area (Å²) in [6.45, 7) is 3.99. The molecule has 1 atom stereocenters. The Bertz CT molecular complexity index is 702. The van der Waals surface area contributed by atoms with Gasteiger partial charge in [0.1, 0.15) is 0 Å². The van der Waals surface area contributed by atoms with Crippen LogP contribution in [0.15, 0.2) is 54.6 Å². The zero-order chi connectivity index (χ0) is 17.6. The molecule has 0 aromatic heterocycles. The van der Waals surface area contributed by atoms with Crippen molar-refractivity contribution in [2.75, 3.05) is 20.1 Å². The Morgan fingerprint density at radius 3 is 2.68 bits per heavy atom. The molecule has 1 fully saturated rings. The minimum absolute atomic E-state index is 0.361. The highest BCUT2D eigenvalue weighted by Crippen LogP contribution is 2.19. The van der Waals surface area contributed by atoms with Gasteiger partial charge in [0.05, 0.1) is 5.56 Å². The molecule has 132 valence electrons. The zero-order valence-corrected chi connectivity index (χ0v) is 14.8. The highest BCUT2D eigenvalue weighted by Gasteiger charge is 2.23. The van der Waals surface area contributed by atoms with Crippen molar-refractivity contribution in [2.24, 2.45) is 0 Å². The van der Waals surface area contributed by atoms with Gasteiger partial charge in [0.25, 0.3) is 0 Å². The summed E-state index contributed by atoms with van der Waals surface area (Å²) in [7, 11) is 2.14. The van der Waals surface area contributed by atoms with E-state index in [1.807, 2.05) is 12.1 Å². The number of likely N-dealkylation sites (tertiary alicyclic amines) is 1. The largest absolute Gasteiger partial charge is 0.478 e. The maximum absolute atomic E-state index is 11.1. The Kier molecular flexibility index (Phi) is 5.84. The van der Waals surface area contributed by atoms with E-state index in [4.69, 9.17) is 5.11 Å². The lowest BCUT2D eigenvalue weighted by Gasteiger charge is -2.37. The molecule has 2 aromatic carbocycles. The van der Waals surface area contributed by atoms with Crippen LogP contribution in [0, 0.1) is 0 Å². The molecule has 2 aromatic rings. The summed E-state index contributed by atoms with van der Waals surface area (Å²) in [5, 5.41) is 9.15. The minimum Gasteiger partial charge on any atom is -0.478 e. The topological polar surface area (TPSA) is 43.8 Å². The molecule has 1 unspecified atom stereocenters. The third-order valence-electron chi connectivity index (χ3n) is 4.96. The molecular weight excluding hydrogens is 312 g/mol. The van der Waals surface area contributed by atoms with E-state index in [-0.39, 0.29) is 0 Å². The predicted octanol–water partition coefficient (Wildman–Crippen LogP) is 3.48. The predicted molar refractivity (Wildman–Crippen MR) is 99.6 cm³/mol. The smallest absolute Gasteiger partial charge is 0.335 e.